The van der Waals surface area contributed by atoms with Crippen molar-refractivity contribution in [3.8, 4) is 22.8 Å². The minimum Gasteiger partial charge on any atom is -0.434 e. The number of carbonyl (C=O) groups excluding carboxylic acids is 1. The maximum atomic E-state index is 14.6. The van der Waals surface area contributed by atoms with Crippen LogP contribution in [0.1, 0.15) is 68.2 Å². The van der Waals surface area contributed by atoms with E-state index < -0.39 is 0 Å². The van der Waals surface area contributed by atoms with Crippen LogP contribution < -0.4 is 20.3 Å². The third kappa shape index (κ3) is 6.32. The van der Waals surface area contributed by atoms with Gasteiger partial charge in [-0.25, -0.2) is 29.3 Å². The third-order valence-electron chi connectivity index (χ3n) is 10.7. The van der Waals surface area contributed by atoms with Gasteiger partial charge in [0.1, 0.15) is 30.0 Å². The molecule has 14 heteroatoms. The molecular formula is C36H42FN11O2. The van der Waals surface area contributed by atoms with Crippen molar-refractivity contribution >= 4 is 17.5 Å². The zero-order valence-corrected chi connectivity index (χ0v) is 28.6. The SMILES string of the molecule is CNC(=O)c1nccc(NC2CC([C@@H](C(C)C)N3CC4(CCN(c5ncnnc5Oc5ccc(F)cc5-c5cncnc5C5CC5)C4)C3)C2)n1. The summed E-state index contributed by atoms with van der Waals surface area (Å²) in [6, 6.07) is 7.13. The maximum absolute atomic E-state index is 14.6. The van der Waals surface area contributed by atoms with Crippen LogP contribution >= 0.6 is 0 Å². The summed E-state index contributed by atoms with van der Waals surface area (Å²) in [6.07, 6.45) is 11.7. The Hall–Kier alpha value is -4.85. The van der Waals surface area contributed by atoms with Gasteiger partial charge in [-0.15, -0.1) is 10.2 Å². The molecule has 50 heavy (non-hydrogen) atoms. The average Bonchev–Trinajstić information content (AvgIpc) is 3.85. The zero-order valence-electron chi connectivity index (χ0n) is 28.6. The van der Waals surface area contributed by atoms with Crippen LogP contribution in [0.4, 0.5) is 16.0 Å². The van der Waals surface area contributed by atoms with Crippen LogP contribution in [-0.4, -0.2) is 91.2 Å². The number of hydrogen-bond acceptors (Lipinski definition) is 12. The molecule has 13 nitrogen and oxygen atoms in total. The smallest absolute Gasteiger partial charge is 0.288 e. The highest BCUT2D eigenvalue weighted by atomic mass is 19.1. The molecular weight excluding hydrogens is 637 g/mol. The van der Waals surface area contributed by atoms with E-state index in [0.29, 0.717) is 58.7 Å². The molecule has 4 fully saturated rings. The van der Waals surface area contributed by atoms with Gasteiger partial charge in [0.05, 0.1) is 5.69 Å². The lowest BCUT2D eigenvalue weighted by molar-refractivity contribution is -0.0656. The average molecular weight is 680 g/mol. The third-order valence-corrected chi connectivity index (χ3v) is 10.7. The van der Waals surface area contributed by atoms with Crippen molar-refractivity contribution in [2.75, 3.05) is 43.4 Å². The van der Waals surface area contributed by atoms with Gasteiger partial charge in [0.25, 0.3) is 11.8 Å². The summed E-state index contributed by atoms with van der Waals surface area (Å²) < 4.78 is 21.0. The number of aromatic nitrogens is 7. The Kier molecular flexibility index (Phi) is 8.49. The van der Waals surface area contributed by atoms with Gasteiger partial charge in [0.15, 0.2) is 5.82 Å². The summed E-state index contributed by atoms with van der Waals surface area (Å²) in [6.45, 7) is 8.43. The number of nitrogens with one attached hydrogen (secondary N) is 2. The lowest BCUT2D eigenvalue weighted by Crippen LogP contribution is -2.65. The number of rotatable bonds is 11. The first kappa shape index (κ1) is 32.4. The van der Waals surface area contributed by atoms with Crippen molar-refractivity contribution in [2.24, 2.45) is 17.3 Å². The van der Waals surface area contributed by atoms with E-state index in [0.717, 1.165) is 69.5 Å². The van der Waals surface area contributed by atoms with E-state index in [1.54, 1.807) is 31.8 Å². The van der Waals surface area contributed by atoms with Crippen LogP contribution in [0.2, 0.25) is 0 Å². The number of likely N-dealkylation sites (tertiary alicyclic amines) is 1. The van der Waals surface area contributed by atoms with E-state index in [-0.39, 0.29) is 23.0 Å². The van der Waals surface area contributed by atoms with Gasteiger partial charge in [0, 0.05) is 80.2 Å². The molecule has 1 aromatic carbocycles. The molecule has 0 bridgehead atoms. The highest BCUT2D eigenvalue weighted by Gasteiger charge is 2.53. The Morgan fingerprint density at radius 2 is 1.90 bits per heavy atom. The lowest BCUT2D eigenvalue weighted by atomic mass is 9.68. The number of hydrogen-bond donors (Lipinski definition) is 2. The van der Waals surface area contributed by atoms with Gasteiger partial charge in [-0.3, -0.25) is 9.69 Å². The Labute approximate surface area is 290 Å². The topological polar surface area (TPSA) is 147 Å². The molecule has 1 spiro atoms. The number of nitrogens with zero attached hydrogens (tertiary/aromatic N) is 9. The second-order valence-corrected chi connectivity index (χ2v) is 14.7. The van der Waals surface area contributed by atoms with Crippen molar-refractivity contribution in [2.45, 2.75) is 64.0 Å². The van der Waals surface area contributed by atoms with Gasteiger partial charge in [-0.05, 0) is 68.2 Å². The molecule has 5 heterocycles. The molecule has 2 saturated heterocycles. The van der Waals surface area contributed by atoms with E-state index >= 15 is 0 Å². The molecule has 8 rings (SSSR count). The number of anilines is 2. The zero-order chi connectivity index (χ0) is 34.4. The molecule has 2 aliphatic carbocycles. The number of carbonyl (C=O) groups is 1. The molecule has 4 aromatic rings. The van der Waals surface area contributed by atoms with Crippen LogP contribution in [0.3, 0.4) is 0 Å². The van der Waals surface area contributed by atoms with Crippen molar-refractivity contribution in [1.82, 2.24) is 45.3 Å². The molecule has 1 amide bonds. The number of amides is 1. The normalized spacial score (nSPS) is 21.8. The van der Waals surface area contributed by atoms with Crippen LogP contribution in [0.25, 0.3) is 11.1 Å². The molecule has 0 radical (unpaired) electrons. The Morgan fingerprint density at radius 3 is 2.68 bits per heavy atom. The van der Waals surface area contributed by atoms with Crippen LogP contribution in [0.5, 0.6) is 11.6 Å². The van der Waals surface area contributed by atoms with E-state index in [9.17, 15) is 9.18 Å². The Bertz CT molecular complexity index is 1880. The van der Waals surface area contributed by atoms with Crippen molar-refractivity contribution in [1.29, 1.82) is 0 Å². The van der Waals surface area contributed by atoms with Crippen LogP contribution in [0, 0.1) is 23.1 Å². The van der Waals surface area contributed by atoms with E-state index in [2.05, 4.69) is 69.4 Å². The highest BCUT2D eigenvalue weighted by Crippen LogP contribution is 2.48. The summed E-state index contributed by atoms with van der Waals surface area (Å²) in [4.78, 5) is 38.7. The van der Waals surface area contributed by atoms with Crippen molar-refractivity contribution in [3.63, 3.8) is 0 Å². The lowest BCUT2D eigenvalue weighted by Gasteiger charge is -2.57. The molecule has 2 N–H and O–H groups in total. The molecule has 1 atom stereocenters. The van der Waals surface area contributed by atoms with Gasteiger partial charge < -0.3 is 20.3 Å². The Balaban J connectivity index is 0.919. The minimum absolute atomic E-state index is 0.172. The molecule has 260 valence electrons. The fourth-order valence-electron chi connectivity index (χ4n) is 8.27. The Morgan fingerprint density at radius 1 is 1.06 bits per heavy atom. The fraction of sp³-hybridized carbons (Fsp3) is 0.500. The number of ether oxygens (including phenoxy) is 1. The molecule has 2 aliphatic heterocycles. The predicted molar refractivity (Wildman–Crippen MR) is 184 cm³/mol. The molecule has 3 aromatic heterocycles. The molecule has 0 unspecified atom stereocenters. The van der Waals surface area contributed by atoms with Crippen LogP contribution in [0.15, 0.2) is 49.3 Å². The molecule has 2 saturated carbocycles. The first-order chi connectivity index (χ1) is 24.3. The summed E-state index contributed by atoms with van der Waals surface area (Å²) in [7, 11) is 1.58. The van der Waals surface area contributed by atoms with Crippen molar-refractivity contribution < 1.29 is 13.9 Å². The fourth-order valence-corrected chi connectivity index (χ4v) is 8.27. The number of halogens is 1. The van der Waals surface area contributed by atoms with Gasteiger partial charge in [-0.1, -0.05) is 13.8 Å². The van der Waals surface area contributed by atoms with Crippen molar-refractivity contribution in [3.05, 3.63) is 66.6 Å². The minimum atomic E-state index is -0.359. The van der Waals surface area contributed by atoms with E-state index in [4.69, 9.17) is 4.74 Å². The summed E-state index contributed by atoms with van der Waals surface area (Å²) in [5.74, 6) is 3.10. The van der Waals surface area contributed by atoms with Gasteiger partial charge in [-0.2, -0.15) is 0 Å². The van der Waals surface area contributed by atoms with Gasteiger partial charge >= 0.3 is 0 Å². The van der Waals surface area contributed by atoms with Gasteiger partial charge in [0.2, 0.25) is 5.82 Å². The van der Waals surface area contributed by atoms with E-state index in [1.807, 2.05) is 6.07 Å². The maximum Gasteiger partial charge on any atom is 0.288 e. The summed E-state index contributed by atoms with van der Waals surface area (Å²) in [5.41, 5.74) is 2.46. The summed E-state index contributed by atoms with van der Waals surface area (Å²) in [5, 5.41) is 14.5. The molecule has 4 aliphatic rings. The second-order valence-electron chi connectivity index (χ2n) is 14.7. The standard InChI is InChI=1S/C36H42FN11O2/c1-21(2)31(23-12-25(13-23)44-29-8-10-40-32(45-29)34(49)38-3)48-17-36(18-48)9-11-47(16-36)33-35(46-43-20-42-33)50-28-7-6-24(37)14-26(28)27-15-39-19-41-30(27)22-4-5-22/h6-8,10,14-15,19-23,25,31H,4-5,9,11-13,16-18H2,1-3H3,(H,38,49)(H,40,44,45)/t23?,25?,31-/m1/s1. The predicted octanol–water partition coefficient (Wildman–Crippen LogP) is 4.71. The quantitative estimate of drug-likeness (QED) is 0.226. The second kappa shape index (κ2) is 13.1. The van der Waals surface area contributed by atoms with Crippen LogP contribution in [-0.2, 0) is 0 Å². The number of benzene rings is 1. The first-order valence-corrected chi connectivity index (χ1v) is 17.6. The first-order valence-electron chi connectivity index (χ1n) is 17.6. The van der Waals surface area contributed by atoms with E-state index in [1.165, 1.54) is 18.5 Å². The largest absolute Gasteiger partial charge is 0.434 e. The summed E-state index contributed by atoms with van der Waals surface area (Å²) >= 11 is 0. The highest BCUT2D eigenvalue weighted by molar-refractivity contribution is 5.90. The monoisotopic (exact) mass is 679 g/mol.